The molecule has 1 saturated carbocycles. The van der Waals surface area contributed by atoms with Crippen molar-refractivity contribution in [3.05, 3.63) is 48.2 Å². The molecule has 0 atom stereocenters. The van der Waals surface area contributed by atoms with Crippen molar-refractivity contribution in [2.45, 2.75) is 55.1 Å². The second-order valence-electron chi connectivity index (χ2n) is 8.25. The summed E-state index contributed by atoms with van der Waals surface area (Å²) in [5.74, 6) is -0.146. The fraction of sp³-hybridized carbons (Fsp3) is 0.391. The van der Waals surface area contributed by atoms with E-state index in [-0.39, 0.29) is 34.7 Å². The van der Waals surface area contributed by atoms with E-state index in [4.69, 9.17) is 4.74 Å². The SMILES string of the molecule is CCCCOC(=O)Nc1cc(CN2C(=O)N(c3ccc(SC(F)(F)F)cc3)C(=O)C23CC3)ccn1. The molecule has 8 nitrogen and oxygen atoms in total. The van der Waals surface area contributed by atoms with Crippen LogP contribution in [-0.4, -0.2) is 45.6 Å². The van der Waals surface area contributed by atoms with E-state index >= 15 is 0 Å². The number of unbranched alkanes of at least 4 members (excludes halogenated alkanes) is 1. The van der Waals surface area contributed by atoms with Crippen molar-refractivity contribution in [2.24, 2.45) is 0 Å². The van der Waals surface area contributed by atoms with Crippen molar-refractivity contribution >= 4 is 41.3 Å². The molecule has 2 fully saturated rings. The number of urea groups is 1. The Bertz CT molecular complexity index is 1120. The molecule has 1 aliphatic carbocycles. The lowest BCUT2D eigenvalue weighted by Crippen LogP contribution is -2.36. The molecule has 1 N–H and O–H groups in total. The van der Waals surface area contributed by atoms with Gasteiger partial charge in [0.1, 0.15) is 11.4 Å². The highest BCUT2D eigenvalue weighted by Crippen LogP contribution is 2.50. The van der Waals surface area contributed by atoms with E-state index in [9.17, 15) is 27.6 Å². The van der Waals surface area contributed by atoms with Crippen molar-refractivity contribution in [1.82, 2.24) is 9.88 Å². The van der Waals surface area contributed by atoms with Gasteiger partial charge in [-0.25, -0.2) is 19.5 Å². The molecule has 35 heavy (non-hydrogen) atoms. The first-order valence-corrected chi connectivity index (χ1v) is 11.9. The van der Waals surface area contributed by atoms with Gasteiger partial charge < -0.3 is 9.64 Å². The van der Waals surface area contributed by atoms with E-state index in [2.05, 4.69) is 10.3 Å². The normalized spacial score (nSPS) is 16.7. The van der Waals surface area contributed by atoms with Crippen molar-refractivity contribution in [1.29, 1.82) is 0 Å². The second kappa shape index (κ2) is 9.76. The minimum atomic E-state index is -4.43. The highest BCUT2D eigenvalue weighted by Gasteiger charge is 2.65. The van der Waals surface area contributed by atoms with Crippen molar-refractivity contribution < 1.29 is 32.3 Å². The van der Waals surface area contributed by atoms with Crippen molar-refractivity contribution in [2.75, 3.05) is 16.8 Å². The fourth-order valence-electron chi connectivity index (χ4n) is 3.83. The Morgan fingerprint density at radius 3 is 2.54 bits per heavy atom. The first-order valence-electron chi connectivity index (χ1n) is 11.0. The Morgan fingerprint density at radius 2 is 1.91 bits per heavy atom. The summed E-state index contributed by atoms with van der Waals surface area (Å²) in [7, 11) is 0. The number of hydrogen-bond donors (Lipinski definition) is 1. The van der Waals surface area contributed by atoms with E-state index in [0.717, 1.165) is 17.7 Å². The number of halogens is 3. The number of imide groups is 1. The van der Waals surface area contributed by atoms with E-state index < -0.39 is 29.1 Å². The number of ether oxygens (including phenoxy) is 1. The molecule has 2 heterocycles. The largest absolute Gasteiger partial charge is 0.449 e. The number of amides is 4. The van der Waals surface area contributed by atoms with Crippen LogP contribution >= 0.6 is 11.8 Å². The Labute approximate surface area is 203 Å². The Morgan fingerprint density at radius 1 is 1.20 bits per heavy atom. The molecule has 2 aliphatic rings. The van der Waals surface area contributed by atoms with Gasteiger partial charge in [0.05, 0.1) is 12.3 Å². The van der Waals surface area contributed by atoms with Crippen LogP contribution in [0.1, 0.15) is 38.2 Å². The number of hydrogen-bond acceptors (Lipinski definition) is 6. The summed E-state index contributed by atoms with van der Waals surface area (Å²) in [5.41, 5.74) is -4.53. The number of anilines is 2. The summed E-state index contributed by atoms with van der Waals surface area (Å²) in [4.78, 5) is 44.8. The van der Waals surface area contributed by atoms with E-state index in [0.29, 0.717) is 25.0 Å². The molecule has 1 saturated heterocycles. The number of aromatic nitrogens is 1. The van der Waals surface area contributed by atoms with Gasteiger partial charge in [0, 0.05) is 17.6 Å². The van der Waals surface area contributed by atoms with Crippen LogP contribution in [0.25, 0.3) is 0 Å². The summed E-state index contributed by atoms with van der Waals surface area (Å²) in [6.45, 7) is 2.37. The van der Waals surface area contributed by atoms with Gasteiger partial charge >= 0.3 is 17.6 Å². The molecular formula is C23H23F3N4O4S. The molecule has 1 aliphatic heterocycles. The average Bonchev–Trinajstić information content (AvgIpc) is 3.56. The summed E-state index contributed by atoms with van der Waals surface area (Å²) in [6.07, 6.45) is 3.47. The van der Waals surface area contributed by atoms with Gasteiger partial charge in [-0.05, 0) is 73.0 Å². The zero-order valence-corrected chi connectivity index (χ0v) is 19.6. The zero-order valence-electron chi connectivity index (χ0n) is 18.8. The standard InChI is InChI=1S/C23H23F3N4O4S/c1-2-3-12-34-20(32)28-18-13-15(8-11-27-18)14-29-21(33)30(19(31)22(29)9-10-22)16-4-6-17(7-5-16)35-23(24,25)26/h4-8,11,13H,2-3,9-10,12,14H2,1H3,(H,27,28,32). The third kappa shape index (κ3) is 5.53. The maximum absolute atomic E-state index is 13.2. The van der Waals surface area contributed by atoms with Crippen molar-refractivity contribution in [3.63, 3.8) is 0 Å². The maximum atomic E-state index is 13.2. The van der Waals surface area contributed by atoms with Crippen LogP contribution in [0.15, 0.2) is 47.5 Å². The molecule has 1 aromatic carbocycles. The third-order valence-corrected chi connectivity index (χ3v) is 6.46. The predicted molar refractivity (Wildman–Crippen MR) is 123 cm³/mol. The lowest BCUT2D eigenvalue weighted by molar-refractivity contribution is -0.120. The number of benzene rings is 1. The molecule has 4 amide bonds. The molecule has 0 bridgehead atoms. The van der Waals surface area contributed by atoms with Gasteiger partial charge in [-0.15, -0.1) is 0 Å². The number of alkyl halides is 3. The Hall–Kier alpha value is -3.28. The molecule has 2 aromatic rings. The molecule has 12 heteroatoms. The summed E-state index contributed by atoms with van der Waals surface area (Å²) in [5, 5.41) is 2.54. The van der Waals surface area contributed by atoms with Gasteiger partial charge in [0.15, 0.2) is 0 Å². The Balaban J connectivity index is 1.47. The highest BCUT2D eigenvalue weighted by atomic mass is 32.2. The first kappa shape index (κ1) is 24.8. The quantitative estimate of drug-likeness (QED) is 0.286. The zero-order chi connectivity index (χ0) is 25.2. The van der Waals surface area contributed by atoms with E-state index in [1.165, 1.54) is 35.4 Å². The van der Waals surface area contributed by atoms with Crippen LogP contribution in [0.4, 0.5) is 34.3 Å². The van der Waals surface area contributed by atoms with E-state index in [1.807, 2.05) is 6.92 Å². The lowest BCUT2D eigenvalue weighted by Gasteiger charge is -2.21. The predicted octanol–water partition coefficient (Wildman–Crippen LogP) is 5.54. The fourth-order valence-corrected chi connectivity index (χ4v) is 4.37. The number of pyridine rings is 1. The highest BCUT2D eigenvalue weighted by molar-refractivity contribution is 8.00. The minimum absolute atomic E-state index is 0.0385. The topological polar surface area (TPSA) is 91.8 Å². The Kier molecular flexibility index (Phi) is 6.93. The average molecular weight is 509 g/mol. The van der Waals surface area contributed by atoms with Gasteiger partial charge in [-0.2, -0.15) is 13.2 Å². The van der Waals surface area contributed by atoms with Crippen LogP contribution in [0.3, 0.4) is 0 Å². The summed E-state index contributed by atoms with van der Waals surface area (Å²) >= 11 is -0.265. The van der Waals surface area contributed by atoms with Crippen LogP contribution in [-0.2, 0) is 16.1 Å². The molecular weight excluding hydrogens is 485 g/mol. The molecule has 4 rings (SSSR count). The van der Waals surface area contributed by atoms with Gasteiger partial charge in [0.25, 0.3) is 5.91 Å². The summed E-state index contributed by atoms with van der Waals surface area (Å²) < 4.78 is 42.9. The third-order valence-electron chi connectivity index (χ3n) is 5.72. The molecule has 0 unspecified atom stereocenters. The number of carbonyl (C=O) groups excluding carboxylic acids is 3. The number of rotatable bonds is 8. The number of thioether (sulfide) groups is 1. The maximum Gasteiger partial charge on any atom is 0.446 e. The molecule has 186 valence electrons. The lowest BCUT2D eigenvalue weighted by atomic mass is 10.2. The van der Waals surface area contributed by atoms with Crippen LogP contribution < -0.4 is 10.2 Å². The second-order valence-corrected chi connectivity index (χ2v) is 9.38. The minimum Gasteiger partial charge on any atom is -0.449 e. The molecule has 1 aromatic heterocycles. The number of nitrogens with one attached hydrogen (secondary N) is 1. The van der Waals surface area contributed by atoms with Crippen molar-refractivity contribution in [3.8, 4) is 0 Å². The molecule has 1 spiro atoms. The van der Waals surface area contributed by atoms with Gasteiger partial charge in [-0.3, -0.25) is 10.1 Å². The summed E-state index contributed by atoms with van der Waals surface area (Å²) in [6, 6.07) is 7.86. The van der Waals surface area contributed by atoms with Crippen LogP contribution in [0.5, 0.6) is 0 Å². The smallest absolute Gasteiger partial charge is 0.446 e. The molecule has 0 radical (unpaired) electrons. The number of nitrogens with zero attached hydrogens (tertiary/aromatic N) is 3. The first-order chi connectivity index (χ1) is 16.6. The number of carbonyl (C=O) groups is 3. The van der Waals surface area contributed by atoms with Gasteiger partial charge in [-0.1, -0.05) is 13.3 Å². The van der Waals surface area contributed by atoms with E-state index in [1.54, 1.807) is 12.1 Å². The van der Waals surface area contributed by atoms with Gasteiger partial charge in [0.2, 0.25) is 0 Å². The van der Waals surface area contributed by atoms with Crippen LogP contribution in [0.2, 0.25) is 0 Å². The monoisotopic (exact) mass is 508 g/mol. The van der Waals surface area contributed by atoms with Crippen LogP contribution in [0, 0.1) is 0 Å².